The van der Waals surface area contributed by atoms with Crippen molar-refractivity contribution in [1.29, 1.82) is 0 Å². The summed E-state index contributed by atoms with van der Waals surface area (Å²) >= 11 is 0. The maximum Gasteiger partial charge on any atom is 0.0202 e. The van der Waals surface area contributed by atoms with E-state index in [-0.39, 0.29) is 8.31 Å². The van der Waals surface area contributed by atoms with Crippen molar-refractivity contribution in [2.75, 3.05) is 0 Å². The normalized spacial score (nSPS) is 17.1. The van der Waals surface area contributed by atoms with Crippen LogP contribution >= 0.6 is 0 Å². The molecule has 1 atom stereocenters. The van der Waals surface area contributed by atoms with Gasteiger partial charge in [0, 0.05) is 8.31 Å². The lowest BCUT2D eigenvalue weighted by Crippen LogP contribution is -2.21. The molecule has 0 bridgehead atoms. The van der Waals surface area contributed by atoms with E-state index < -0.39 is 0 Å². The summed E-state index contributed by atoms with van der Waals surface area (Å²) in [7, 11) is 2.09. The average molecular weight is 148 g/mol. The van der Waals surface area contributed by atoms with Crippen molar-refractivity contribution < 1.29 is 0 Å². The third-order valence-corrected chi connectivity index (χ3v) is 23.6. The van der Waals surface area contributed by atoms with Crippen LogP contribution in [-0.2, 0) is 0 Å². The van der Waals surface area contributed by atoms with Gasteiger partial charge >= 0.3 is 0 Å². The predicted octanol–water partition coefficient (Wildman–Crippen LogP) is -0.801. The van der Waals surface area contributed by atoms with Gasteiger partial charge in [0.1, 0.15) is 0 Å². The van der Waals surface area contributed by atoms with E-state index in [1.54, 1.807) is 9.76 Å². The lowest BCUT2D eigenvalue weighted by Gasteiger charge is -2.08. The van der Waals surface area contributed by atoms with Crippen molar-refractivity contribution in [2.45, 2.75) is 25.9 Å². The first-order valence-corrected chi connectivity index (χ1v) is 13.9. The van der Waals surface area contributed by atoms with E-state index in [0.717, 1.165) is 5.54 Å². The molecule has 0 aromatic carbocycles. The molecule has 0 N–H and O–H groups in total. The third-order valence-electron chi connectivity index (χ3n) is 1.78. The molecule has 1 unspecified atom stereocenters. The van der Waals surface area contributed by atoms with E-state index in [2.05, 4.69) is 20.4 Å². The standard InChI is InChI=1S/C4H16Si3/c1-4(2)7(3)6-5/h4,7H,6H2,1-3,5H3. The first kappa shape index (κ1) is 7.65. The first-order chi connectivity index (χ1) is 3.18. The van der Waals surface area contributed by atoms with Crippen LogP contribution in [0.4, 0.5) is 0 Å². The van der Waals surface area contributed by atoms with Gasteiger partial charge in [-0.25, -0.2) is 0 Å². The number of rotatable bonds is 2. The minimum absolute atomic E-state index is 0.0540. The predicted molar refractivity (Wildman–Crippen MR) is 46.6 cm³/mol. The minimum atomic E-state index is -0.0540. The van der Waals surface area contributed by atoms with Crippen LogP contribution in [0.1, 0.15) is 13.8 Å². The maximum absolute atomic E-state index is 2.53. The summed E-state index contributed by atoms with van der Waals surface area (Å²) in [6.45, 7) is 7.31. The quantitative estimate of drug-likeness (QED) is 0.450. The molecule has 0 aliphatic heterocycles. The highest BCUT2D eigenvalue weighted by atomic mass is 29.5. The Kier molecular flexibility index (Phi) is 3.97. The lowest BCUT2D eigenvalue weighted by atomic mass is 10.6. The van der Waals surface area contributed by atoms with Gasteiger partial charge < -0.3 is 0 Å². The second kappa shape index (κ2) is 3.63. The molecule has 0 spiro atoms. The van der Waals surface area contributed by atoms with Crippen molar-refractivity contribution in [3.05, 3.63) is 0 Å². The highest BCUT2D eigenvalue weighted by molar-refractivity contribution is 7.31. The fraction of sp³-hybridized carbons (Fsp3) is 1.00. The summed E-state index contributed by atoms with van der Waals surface area (Å²) in [5.41, 5.74) is 1.10. The van der Waals surface area contributed by atoms with Crippen LogP contribution in [0.25, 0.3) is 0 Å². The third kappa shape index (κ3) is 3.25. The smallest absolute Gasteiger partial charge is 0.0202 e. The van der Waals surface area contributed by atoms with Crippen LogP contribution in [0.2, 0.25) is 12.1 Å². The van der Waals surface area contributed by atoms with Gasteiger partial charge in [-0.1, -0.05) is 25.9 Å². The molecule has 0 radical (unpaired) electrons. The van der Waals surface area contributed by atoms with Gasteiger partial charge in [-0.3, -0.25) is 0 Å². The zero-order valence-corrected chi connectivity index (χ0v) is 10.4. The van der Waals surface area contributed by atoms with E-state index in [9.17, 15) is 0 Å². The van der Waals surface area contributed by atoms with Gasteiger partial charge in [-0.05, 0) is 18.3 Å². The van der Waals surface area contributed by atoms with E-state index in [0.29, 0.717) is 8.55 Å². The fourth-order valence-electron chi connectivity index (χ4n) is 0.471. The summed E-state index contributed by atoms with van der Waals surface area (Å²) in [5, 5.41) is 0. The summed E-state index contributed by atoms with van der Waals surface area (Å²) in [4.78, 5) is 0. The Morgan fingerprint density at radius 2 is 2.00 bits per heavy atom. The topological polar surface area (TPSA) is 0 Å². The molecule has 44 valence electrons. The second-order valence-electron chi connectivity index (χ2n) is 2.63. The van der Waals surface area contributed by atoms with Gasteiger partial charge in [0.2, 0.25) is 0 Å². The van der Waals surface area contributed by atoms with Gasteiger partial charge in [0.15, 0.2) is 0 Å². The van der Waals surface area contributed by atoms with E-state index in [4.69, 9.17) is 0 Å². The molecule has 0 amide bonds. The summed E-state index contributed by atoms with van der Waals surface area (Å²) in [6, 6.07) is 0. The van der Waals surface area contributed by atoms with E-state index >= 15 is 0 Å². The second-order valence-corrected chi connectivity index (χ2v) is 20.4. The monoisotopic (exact) mass is 148 g/mol. The van der Waals surface area contributed by atoms with Crippen molar-refractivity contribution in [3.63, 3.8) is 0 Å². The highest BCUT2D eigenvalue weighted by Gasteiger charge is 2.03. The van der Waals surface area contributed by atoms with Gasteiger partial charge in [0.25, 0.3) is 0 Å². The highest BCUT2D eigenvalue weighted by Crippen LogP contribution is 2.03. The summed E-state index contributed by atoms with van der Waals surface area (Å²) in [5.74, 6) is 0. The number of hydrogen-bond donors (Lipinski definition) is 0. The molecule has 0 saturated heterocycles. The Morgan fingerprint density at radius 1 is 1.57 bits per heavy atom. The molecular formula is C4H16Si3. The Hall–Kier alpha value is 0.651. The van der Waals surface area contributed by atoms with Crippen molar-refractivity contribution in [3.8, 4) is 0 Å². The van der Waals surface area contributed by atoms with Gasteiger partial charge in [-0.15, -0.1) is 0 Å². The molecule has 0 aliphatic carbocycles. The van der Waals surface area contributed by atoms with Gasteiger partial charge in [-0.2, -0.15) is 0 Å². The Morgan fingerprint density at radius 3 is 2.00 bits per heavy atom. The number of hydrogen-bond acceptors (Lipinski definition) is 0. The lowest BCUT2D eigenvalue weighted by molar-refractivity contribution is 1.05. The molecule has 0 rings (SSSR count). The first-order valence-electron chi connectivity index (χ1n) is 3.18. The molecule has 0 fully saturated rings. The zero-order valence-electron chi connectivity index (χ0n) is 5.86. The molecule has 0 heterocycles. The van der Waals surface area contributed by atoms with Crippen molar-refractivity contribution in [1.82, 2.24) is 0 Å². The Bertz CT molecular complexity index is 44.2. The SMILES string of the molecule is CC(C)[SiH](C)[SiH2][SiH3]. The van der Waals surface area contributed by atoms with E-state index in [1.165, 1.54) is 0 Å². The van der Waals surface area contributed by atoms with Crippen LogP contribution < -0.4 is 0 Å². The molecule has 0 aliphatic rings. The van der Waals surface area contributed by atoms with E-state index in [1.807, 2.05) is 0 Å². The molecule has 3 heteroatoms. The fourth-order valence-corrected chi connectivity index (χ4v) is 12.7. The van der Waals surface area contributed by atoms with Crippen LogP contribution in [0.5, 0.6) is 0 Å². The van der Waals surface area contributed by atoms with Crippen LogP contribution in [0, 0.1) is 0 Å². The molecular weight excluding hydrogens is 132 g/mol. The van der Waals surface area contributed by atoms with Crippen LogP contribution in [0.3, 0.4) is 0 Å². The molecule has 0 saturated carbocycles. The molecule has 0 nitrogen and oxygen atoms in total. The molecule has 7 heavy (non-hydrogen) atoms. The summed E-state index contributed by atoms with van der Waals surface area (Å²) in [6.07, 6.45) is 0. The van der Waals surface area contributed by atoms with Crippen LogP contribution in [0.15, 0.2) is 0 Å². The average Bonchev–Trinajstić information content (AvgIpc) is 1.65. The van der Waals surface area contributed by atoms with Crippen molar-refractivity contribution in [2.24, 2.45) is 0 Å². The molecule has 0 aromatic rings. The zero-order chi connectivity index (χ0) is 5.86. The minimum Gasteiger partial charge on any atom is -0.0744 e. The maximum atomic E-state index is 2.53. The molecule has 0 aromatic heterocycles. The van der Waals surface area contributed by atoms with Gasteiger partial charge in [0.05, 0.1) is 0 Å². The largest absolute Gasteiger partial charge is 0.0744 e. The Labute approximate surface area is 53.1 Å². The van der Waals surface area contributed by atoms with Crippen molar-refractivity contribution >= 4 is 26.6 Å². The summed E-state index contributed by atoms with van der Waals surface area (Å²) < 4.78 is 0. The Balaban J connectivity index is 3.14. The van der Waals surface area contributed by atoms with Crippen LogP contribution in [-0.4, -0.2) is 26.6 Å².